The summed E-state index contributed by atoms with van der Waals surface area (Å²) in [6.07, 6.45) is 3.72. The maximum absolute atomic E-state index is 13.6. The number of nitrogens with zero attached hydrogens (tertiary/aromatic N) is 2. The molecule has 4 nitrogen and oxygen atoms in total. The van der Waals surface area contributed by atoms with E-state index >= 15 is 0 Å². The van der Waals surface area contributed by atoms with E-state index in [1.54, 1.807) is 18.2 Å². The van der Waals surface area contributed by atoms with E-state index in [-0.39, 0.29) is 28.6 Å². The molecule has 0 bridgehead atoms. The first-order valence-electron chi connectivity index (χ1n) is 6.88. The standard InChI is InChI=1S/C15H15ClFN3O/c16-12-8-19-20(9-10-5-6-10)15(21)14(12)18-7-11-3-1-2-4-13(11)17/h1-4,8,10,18H,5-7,9H2. The lowest BCUT2D eigenvalue weighted by Crippen LogP contribution is -2.26. The Morgan fingerprint density at radius 2 is 2.14 bits per heavy atom. The molecular weight excluding hydrogens is 293 g/mol. The van der Waals surface area contributed by atoms with Crippen molar-refractivity contribution in [2.75, 3.05) is 5.32 Å². The third-order valence-electron chi connectivity index (χ3n) is 3.54. The van der Waals surface area contributed by atoms with Crippen LogP contribution in [0.3, 0.4) is 0 Å². The number of hydrogen-bond donors (Lipinski definition) is 1. The Morgan fingerprint density at radius 3 is 2.86 bits per heavy atom. The Labute approximate surface area is 126 Å². The van der Waals surface area contributed by atoms with Crippen LogP contribution in [0.1, 0.15) is 18.4 Å². The molecule has 0 amide bonds. The maximum Gasteiger partial charge on any atom is 0.291 e. The van der Waals surface area contributed by atoms with E-state index in [0.717, 1.165) is 12.8 Å². The molecule has 1 aromatic carbocycles. The molecule has 1 N–H and O–H groups in total. The van der Waals surface area contributed by atoms with Crippen molar-refractivity contribution < 1.29 is 4.39 Å². The first kappa shape index (κ1) is 14.1. The molecular formula is C15H15ClFN3O. The van der Waals surface area contributed by atoms with Crippen LogP contribution in [0.4, 0.5) is 10.1 Å². The molecule has 2 aromatic rings. The highest BCUT2D eigenvalue weighted by atomic mass is 35.5. The second kappa shape index (κ2) is 5.85. The first-order chi connectivity index (χ1) is 10.1. The summed E-state index contributed by atoms with van der Waals surface area (Å²) in [5.74, 6) is 0.226. The fraction of sp³-hybridized carbons (Fsp3) is 0.333. The summed E-state index contributed by atoms with van der Waals surface area (Å²) in [5.41, 5.74) is 0.500. The summed E-state index contributed by atoms with van der Waals surface area (Å²) in [4.78, 5) is 12.3. The Kier molecular flexibility index (Phi) is 3.92. The van der Waals surface area contributed by atoms with Gasteiger partial charge in [0.15, 0.2) is 0 Å². The number of benzene rings is 1. The summed E-state index contributed by atoms with van der Waals surface area (Å²) in [6, 6.07) is 6.43. The predicted molar refractivity (Wildman–Crippen MR) is 80.0 cm³/mol. The predicted octanol–water partition coefficient (Wildman–Crippen LogP) is 3.06. The number of rotatable bonds is 5. The molecule has 0 spiro atoms. The van der Waals surface area contributed by atoms with Crippen molar-refractivity contribution in [2.24, 2.45) is 5.92 Å². The van der Waals surface area contributed by atoms with Crippen molar-refractivity contribution in [1.82, 2.24) is 9.78 Å². The quantitative estimate of drug-likeness (QED) is 0.923. The van der Waals surface area contributed by atoms with Crippen molar-refractivity contribution in [3.63, 3.8) is 0 Å². The molecule has 0 radical (unpaired) electrons. The highest BCUT2D eigenvalue weighted by Crippen LogP contribution is 2.30. The molecule has 1 aliphatic rings. The van der Waals surface area contributed by atoms with Gasteiger partial charge < -0.3 is 5.32 Å². The third kappa shape index (κ3) is 3.24. The van der Waals surface area contributed by atoms with Crippen molar-refractivity contribution in [1.29, 1.82) is 0 Å². The van der Waals surface area contributed by atoms with Crippen LogP contribution >= 0.6 is 11.6 Å². The van der Waals surface area contributed by atoms with Gasteiger partial charge >= 0.3 is 0 Å². The Morgan fingerprint density at radius 1 is 1.38 bits per heavy atom. The molecule has 3 rings (SSSR count). The van der Waals surface area contributed by atoms with Crippen LogP contribution in [0.2, 0.25) is 5.02 Å². The highest BCUT2D eigenvalue weighted by molar-refractivity contribution is 6.32. The van der Waals surface area contributed by atoms with Crippen LogP contribution in [0.15, 0.2) is 35.3 Å². The van der Waals surface area contributed by atoms with Crippen LogP contribution < -0.4 is 10.9 Å². The topological polar surface area (TPSA) is 46.9 Å². The monoisotopic (exact) mass is 307 g/mol. The van der Waals surface area contributed by atoms with E-state index < -0.39 is 0 Å². The summed E-state index contributed by atoms with van der Waals surface area (Å²) in [6.45, 7) is 0.819. The van der Waals surface area contributed by atoms with Crippen molar-refractivity contribution in [2.45, 2.75) is 25.9 Å². The highest BCUT2D eigenvalue weighted by Gasteiger charge is 2.23. The van der Waals surface area contributed by atoms with Crippen LogP contribution in [0.5, 0.6) is 0 Å². The smallest absolute Gasteiger partial charge is 0.291 e. The fourth-order valence-electron chi connectivity index (χ4n) is 2.13. The molecule has 110 valence electrons. The Balaban J connectivity index is 1.81. The van der Waals surface area contributed by atoms with Crippen molar-refractivity contribution in [3.05, 3.63) is 57.2 Å². The van der Waals surface area contributed by atoms with E-state index in [0.29, 0.717) is 18.0 Å². The summed E-state index contributed by atoms with van der Waals surface area (Å²) in [7, 11) is 0. The molecule has 21 heavy (non-hydrogen) atoms. The van der Waals surface area contributed by atoms with Crippen LogP contribution in [-0.4, -0.2) is 9.78 Å². The van der Waals surface area contributed by atoms with E-state index in [9.17, 15) is 9.18 Å². The zero-order valence-corrected chi connectivity index (χ0v) is 12.1. The number of halogens is 2. The molecule has 1 fully saturated rings. The van der Waals surface area contributed by atoms with Gasteiger partial charge in [0, 0.05) is 18.7 Å². The number of anilines is 1. The number of aromatic nitrogens is 2. The SMILES string of the molecule is O=c1c(NCc2ccccc2F)c(Cl)cnn1CC1CC1. The lowest BCUT2D eigenvalue weighted by atomic mass is 10.2. The fourth-order valence-corrected chi connectivity index (χ4v) is 2.32. The average Bonchev–Trinajstić information content (AvgIpc) is 3.28. The third-order valence-corrected chi connectivity index (χ3v) is 3.83. The summed E-state index contributed by atoms with van der Waals surface area (Å²) in [5, 5.41) is 7.23. The molecule has 0 saturated heterocycles. The van der Waals surface area contributed by atoms with Crippen LogP contribution in [0, 0.1) is 11.7 Å². The Hall–Kier alpha value is -1.88. The first-order valence-corrected chi connectivity index (χ1v) is 7.26. The molecule has 1 aromatic heterocycles. The van der Waals surface area contributed by atoms with Gasteiger partial charge in [-0.25, -0.2) is 9.07 Å². The molecule has 0 atom stereocenters. The van der Waals surface area contributed by atoms with Gasteiger partial charge in [0.1, 0.15) is 11.5 Å². The van der Waals surface area contributed by atoms with Crippen molar-refractivity contribution >= 4 is 17.3 Å². The van der Waals surface area contributed by atoms with Gasteiger partial charge in [-0.1, -0.05) is 29.8 Å². The molecule has 6 heteroatoms. The molecule has 0 unspecified atom stereocenters. The normalized spacial score (nSPS) is 14.2. The average molecular weight is 308 g/mol. The number of nitrogens with one attached hydrogen (secondary N) is 1. The minimum atomic E-state index is -0.312. The van der Waals surface area contributed by atoms with Gasteiger partial charge in [-0.15, -0.1) is 0 Å². The molecule has 1 saturated carbocycles. The molecule has 1 aliphatic carbocycles. The lowest BCUT2D eigenvalue weighted by molar-refractivity contribution is 0.534. The van der Waals surface area contributed by atoms with E-state index in [4.69, 9.17) is 11.6 Å². The minimum Gasteiger partial charge on any atom is -0.375 e. The minimum absolute atomic E-state index is 0.203. The largest absolute Gasteiger partial charge is 0.375 e. The second-order valence-electron chi connectivity index (χ2n) is 5.24. The number of hydrogen-bond acceptors (Lipinski definition) is 3. The van der Waals surface area contributed by atoms with Gasteiger partial charge in [0.2, 0.25) is 0 Å². The maximum atomic E-state index is 13.6. The summed E-state index contributed by atoms with van der Waals surface area (Å²) >= 11 is 6.03. The summed E-state index contributed by atoms with van der Waals surface area (Å²) < 4.78 is 15.0. The van der Waals surface area contributed by atoms with Gasteiger partial charge in [-0.3, -0.25) is 4.79 Å². The van der Waals surface area contributed by atoms with Gasteiger partial charge in [0.05, 0.1) is 11.2 Å². The van der Waals surface area contributed by atoms with Gasteiger partial charge in [-0.2, -0.15) is 5.10 Å². The molecule has 0 aliphatic heterocycles. The van der Waals surface area contributed by atoms with Gasteiger partial charge in [0.25, 0.3) is 5.56 Å². The van der Waals surface area contributed by atoms with E-state index in [1.165, 1.54) is 16.9 Å². The second-order valence-corrected chi connectivity index (χ2v) is 5.65. The van der Waals surface area contributed by atoms with Crippen LogP contribution in [0.25, 0.3) is 0 Å². The van der Waals surface area contributed by atoms with Crippen LogP contribution in [-0.2, 0) is 13.1 Å². The zero-order valence-electron chi connectivity index (χ0n) is 11.4. The van der Waals surface area contributed by atoms with E-state index in [1.807, 2.05) is 0 Å². The molecule has 1 heterocycles. The van der Waals surface area contributed by atoms with Crippen molar-refractivity contribution in [3.8, 4) is 0 Å². The Bertz CT molecular complexity index is 712. The van der Waals surface area contributed by atoms with Gasteiger partial charge in [-0.05, 0) is 24.8 Å². The lowest BCUT2D eigenvalue weighted by Gasteiger charge is -2.11. The zero-order chi connectivity index (χ0) is 14.8. The van der Waals surface area contributed by atoms with E-state index in [2.05, 4.69) is 10.4 Å².